The smallest absolute Gasteiger partial charge is 0.271 e. The van der Waals surface area contributed by atoms with Gasteiger partial charge in [0.2, 0.25) is 5.16 Å². The first-order chi connectivity index (χ1) is 14.5. The summed E-state index contributed by atoms with van der Waals surface area (Å²) < 4.78 is 14.0. The Bertz CT molecular complexity index is 1180. The number of hydrogen-bond acceptors (Lipinski definition) is 9. The first-order valence-corrected chi connectivity index (χ1v) is 10.9. The van der Waals surface area contributed by atoms with Crippen molar-refractivity contribution in [3.8, 4) is 28.0 Å². The van der Waals surface area contributed by atoms with Crippen LogP contribution in [-0.4, -0.2) is 43.9 Å². The predicted molar refractivity (Wildman–Crippen MR) is 117 cm³/mol. The maximum absolute atomic E-state index is 6.21. The Balaban J connectivity index is 1.52. The molecule has 0 aliphatic carbocycles. The highest BCUT2D eigenvalue weighted by Crippen LogP contribution is 2.39. The number of thiazole rings is 1. The molecule has 0 amide bonds. The van der Waals surface area contributed by atoms with E-state index in [2.05, 4.69) is 15.3 Å². The molecule has 4 aromatic rings. The molecule has 0 saturated carbocycles. The van der Waals surface area contributed by atoms with Gasteiger partial charge in [-0.15, -0.1) is 21.5 Å². The van der Waals surface area contributed by atoms with Crippen molar-refractivity contribution in [3.63, 3.8) is 0 Å². The molecule has 0 spiro atoms. The van der Waals surface area contributed by atoms with E-state index in [-0.39, 0.29) is 0 Å². The Kier molecular flexibility index (Phi) is 5.64. The topological polar surface area (TPSA) is 106 Å². The molecule has 156 valence electrons. The fourth-order valence-corrected chi connectivity index (χ4v) is 4.73. The number of ether oxygens (including phenoxy) is 2. The van der Waals surface area contributed by atoms with Crippen LogP contribution in [0.25, 0.3) is 16.5 Å². The van der Waals surface area contributed by atoms with E-state index in [1.54, 1.807) is 30.2 Å². The molecule has 4 rings (SSSR count). The summed E-state index contributed by atoms with van der Waals surface area (Å²) in [4.78, 5) is 4.74. The van der Waals surface area contributed by atoms with Gasteiger partial charge in [-0.25, -0.2) is 14.3 Å². The van der Waals surface area contributed by atoms with Crippen LogP contribution in [-0.2, 0) is 5.75 Å². The van der Waals surface area contributed by atoms with Gasteiger partial charge >= 0.3 is 0 Å². The van der Waals surface area contributed by atoms with Crippen molar-refractivity contribution >= 4 is 23.1 Å². The van der Waals surface area contributed by atoms with E-state index in [1.165, 1.54) is 16.4 Å². The van der Waals surface area contributed by atoms with Crippen molar-refractivity contribution in [1.82, 2.24) is 29.6 Å². The lowest BCUT2D eigenvalue weighted by Gasteiger charge is -2.10. The number of nitrogens with two attached hydrogens (primary N) is 1. The van der Waals surface area contributed by atoms with Crippen LogP contribution < -0.4 is 15.3 Å². The third kappa shape index (κ3) is 3.73. The van der Waals surface area contributed by atoms with Crippen molar-refractivity contribution in [2.75, 3.05) is 20.1 Å². The number of para-hydroxylation sites is 1. The molecule has 0 radical (unpaired) electrons. The van der Waals surface area contributed by atoms with Gasteiger partial charge in [-0.2, -0.15) is 5.10 Å². The number of benzene rings is 1. The van der Waals surface area contributed by atoms with Crippen LogP contribution in [0.4, 0.5) is 0 Å². The molecule has 0 aliphatic rings. The minimum Gasteiger partial charge on any atom is -0.493 e. The highest BCUT2D eigenvalue weighted by atomic mass is 32.2. The van der Waals surface area contributed by atoms with Crippen molar-refractivity contribution in [2.45, 2.75) is 24.8 Å². The predicted octanol–water partition coefficient (Wildman–Crippen LogP) is 3.23. The summed E-state index contributed by atoms with van der Waals surface area (Å²) in [5.41, 5.74) is 3.65. The summed E-state index contributed by atoms with van der Waals surface area (Å²) in [5, 5.41) is 16.3. The SMILES string of the molecule is COc1cccc(-c2nc(CSc3nnc(-n4nc(C)cc4C)n3N)cs2)c1OC. The van der Waals surface area contributed by atoms with Gasteiger partial charge in [0.15, 0.2) is 11.5 Å². The van der Waals surface area contributed by atoms with Crippen molar-refractivity contribution in [3.05, 3.63) is 46.7 Å². The lowest BCUT2D eigenvalue weighted by atomic mass is 10.2. The van der Waals surface area contributed by atoms with E-state index in [0.717, 1.165) is 27.7 Å². The van der Waals surface area contributed by atoms with E-state index in [1.807, 2.05) is 43.5 Å². The lowest BCUT2D eigenvalue weighted by molar-refractivity contribution is 0.356. The minimum absolute atomic E-state index is 0.475. The van der Waals surface area contributed by atoms with Gasteiger partial charge < -0.3 is 15.3 Å². The molecule has 1 aromatic carbocycles. The van der Waals surface area contributed by atoms with Crippen LogP contribution in [0.15, 0.2) is 34.8 Å². The molecule has 2 N–H and O–H groups in total. The van der Waals surface area contributed by atoms with Crippen molar-refractivity contribution in [1.29, 1.82) is 0 Å². The lowest BCUT2D eigenvalue weighted by Crippen LogP contribution is -2.17. The molecule has 0 atom stereocenters. The fraction of sp³-hybridized carbons (Fsp3) is 0.263. The van der Waals surface area contributed by atoms with Crippen molar-refractivity contribution in [2.24, 2.45) is 0 Å². The molecule has 0 fully saturated rings. The molecule has 11 heteroatoms. The molecular weight excluding hydrogens is 422 g/mol. The summed E-state index contributed by atoms with van der Waals surface area (Å²) in [6.45, 7) is 3.87. The van der Waals surface area contributed by atoms with Gasteiger partial charge in [0.05, 0.1) is 31.2 Å². The van der Waals surface area contributed by atoms with Crippen LogP contribution >= 0.6 is 23.1 Å². The number of nitrogen functional groups attached to an aromatic ring is 1. The third-order valence-corrected chi connectivity index (χ3v) is 6.28. The third-order valence-electron chi connectivity index (χ3n) is 4.38. The van der Waals surface area contributed by atoms with E-state index in [0.29, 0.717) is 28.4 Å². The Hall–Kier alpha value is -3.05. The van der Waals surface area contributed by atoms with Crippen LogP contribution in [0, 0.1) is 13.8 Å². The van der Waals surface area contributed by atoms with E-state index in [4.69, 9.17) is 20.3 Å². The first kappa shape index (κ1) is 20.2. The van der Waals surface area contributed by atoms with Gasteiger partial charge in [0.25, 0.3) is 5.95 Å². The second-order valence-electron chi connectivity index (χ2n) is 6.47. The summed E-state index contributed by atoms with van der Waals surface area (Å²) in [6.07, 6.45) is 0. The second-order valence-corrected chi connectivity index (χ2v) is 8.27. The van der Waals surface area contributed by atoms with Gasteiger partial charge in [-0.3, -0.25) is 0 Å². The zero-order valence-electron chi connectivity index (χ0n) is 17.0. The molecule has 0 unspecified atom stereocenters. The van der Waals surface area contributed by atoms with Crippen LogP contribution in [0.3, 0.4) is 0 Å². The number of thioether (sulfide) groups is 1. The maximum Gasteiger partial charge on any atom is 0.271 e. The highest BCUT2D eigenvalue weighted by Gasteiger charge is 2.17. The van der Waals surface area contributed by atoms with E-state index < -0.39 is 0 Å². The number of rotatable bonds is 7. The highest BCUT2D eigenvalue weighted by molar-refractivity contribution is 7.98. The average Bonchev–Trinajstić information content (AvgIpc) is 3.44. The van der Waals surface area contributed by atoms with E-state index >= 15 is 0 Å². The molecule has 3 heterocycles. The quantitative estimate of drug-likeness (QED) is 0.343. The molecule has 0 saturated heterocycles. The van der Waals surface area contributed by atoms with Gasteiger partial charge in [0, 0.05) is 16.8 Å². The van der Waals surface area contributed by atoms with Gasteiger partial charge in [-0.1, -0.05) is 17.8 Å². The zero-order valence-corrected chi connectivity index (χ0v) is 18.6. The molecule has 30 heavy (non-hydrogen) atoms. The minimum atomic E-state index is 0.475. The number of nitrogens with zero attached hydrogens (tertiary/aromatic N) is 6. The summed E-state index contributed by atoms with van der Waals surface area (Å²) in [5.74, 6) is 8.63. The fourth-order valence-electron chi connectivity index (χ4n) is 3.03. The van der Waals surface area contributed by atoms with Gasteiger partial charge in [0.1, 0.15) is 5.01 Å². The zero-order chi connectivity index (χ0) is 21.3. The Morgan fingerprint density at radius 3 is 2.70 bits per heavy atom. The molecule has 3 aromatic heterocycles. The first-order valence-electron chi connectivity index (χ1n) is 9.04. The number of hydrogen-bond donors (Lipinski definition) is 1. The second kappa shape index (κ2) is 8.36. The number of aryl methyl sites for hydroxylation is 2. The summed E-state index contributed by atoms with van der Waals surface area (Å²) in [7, 11) is 3.25. The molecule has 0 bridgehead atoms. The largest absolute Gasteiger partial charge is 0.493 e. The maximum atomic E-state index is 6.21. The van der Waals surface area contributed by atoms with Crippen LogP contribution in [0.1, 0.15) is 17.1 Å². The Morgan fingerprint density at radius 1 is 1.17 bits per heavy atom. The standard InChI is InChI=1S/C19H21N7O2S2/c1-11-8-12(2)26(24-11)18-22-23-19(25(18)20)30-10-13-9-29-17(21-13)14-6-5-7-15(27-3)16(14)28-4/h5-9H,10,20H2,1-4H3. The van der Waals surface area contributed by atoms with Crippen LogP contribution in [0.5, 0.6) is 11.5 Å². The van der Waals surface area contributed by atoms with E-state index in [9.17, 15) is 0 Å². The van der Waals surface area contributed by atoms with Crippen molar-refractivity contribution < 1.29 is 9.47 Å². The molecule has 0 aliphatic heterocycles. The normalized spacial score (nSPS) is 11.1. The number of aromatic nitrogens is 6. The Labute approximate surface area is 181 Å². The molecular formula is C19H21N7O2S2. The average molecular weight is 444 g/mol. The van der Waals surface area contributed by atoms with Crippen LogP contribution in [0.2, 0.25) is 0 Å². The van der Waals surface area contributed by atoms with Gasteiger partial charge in [-0.05, 0) is 32.0 Å². The summed E-state index contributed by atoms with van der Waals surface area (Å²) in [6, 6.07) is 7.71. The number of methoxy groups -OCH3 is 2. The Morgan fingerprint density at radius 2 is 2.00 bits per heavy atom. The monoisotopic (exact) mass is 443 g/mol. The molecule has 9 nitrogen and oxygen atoms in total. The summed E-state index contributed by atoms with van der Waals surface area (Å²) >= 11 is 3.02.